The van der Waals surface area contributed by atoms with Gasteiger partial charge in [-0.15, -0.1) is 0 Å². The van der Waals surface area contributed by atoms with E-state index in [1.165, 1.54) is 13.5 Å². The van der Waals surface area contributed by atoms with Crippen molar-refractivity contribution in [3.05, 3.63) is 32.9 Å². The Morgan fingerprint density at radius 1 is 1.13 bits per heavy atom. The zero-order valence-electron chi connectivity index (χ0n) is 21.9. The number of nitrogens with zero attached hydrogens (tertiary/aromatic N) is 1. The monoisotopic (exact) mass is 642 g/mol. The summed E-state index contributed by atoms with van der Waals surface area (Å²) in [6.07, 6.45) is 7.18. The van der Waals surface area contributed by atoms with Crippen LogP contribution >= 0.6 is 22.6 Å². The SMILES string of the molecule is COc1cc(CO)cc(I)c1O[C@H]1C=C(C(=O)NCCO)C[C@@H](N(CC2CCCCC2)C(=O)C2CC2)[C@@H]1O. The second-order valence-corrected chi connectivity index (χ2v) is 11.7. The predicted molar refractivity (Wildman–Crippen MR) is 150 cm³/mol. The third kappa shape index (κ3) is 7.00. The Hall–Kier alpha value is -1.89. The minimum atomic E-state index is -1.06. The predicted octanol–water partition coefficient (Wildman–Crippen LogP) is 2.53. The Bertz CT molecular complexity index is 1020. The van der Waals surface area contributed by atoms with Gasteiger partial charge in [-0.25, -0.2) is 0 Å². The molecule has 0 heterocycles. The summed E-state index contributed by atoms with van der Waals surface area (Å²) in [5, 5.41) is 33.2. The lowest BCUT2D eigenvalue weighted by Gasteiger charge is -2.42. The Labute approximate surface area is 237 Å². The number of rotatable bonds is 11. The maximum atomic E-state index is 13.5. The van der Waals surface area contributed by atoms with Gasteiger partial charge in [0.2, 0.25) is 11.8 Å². The van der Waals surface area contributed by atoms with E-state index in [0.717, 1.165) is 38.5 Å². The highest BCUT2D eigenvalue weighted by Crippen LogP contribution is 2.39. The molecule has 3 atom stereocenters. The van der Waals surface area contributed by atoms with Crippen molar-refractivity contribution in [2.24, 2.45) is 11.8 Å². The van der Waals surface area contributed by atoms with Gasteiger partial charge in [-0.2, -0.15) is 0 Å². The number of amides is 2. The zero-order chi connectivity index (χ0) is 27.2. The van der Waals surface area contributed by atoms with E-state index in [1.807, 2.05) is 4.90 Å². The zero-order valence-corrected chi connectivity index (χ0v) is 24.1. The molecule has 0 saturated heterocycles. The molecule has 3 aliphatic rings. The van der Waals surface area contributed by atoms with E-state index in [2.05, 4.69) is 27.9 Å². The molecule has 2 saturated carbocycles. The van der Waals surface area contributed by atoms with Gasteiger partial charge in [0.1, 0.15) is 12.2 Å². The molecule has 0 spiro atoms. The molecule has 1 aromatic carbocycles. The van der Waals surface area contributed by atoms with Gasteiger partial charge in [0.15, 0.2) is 11.5 Å². The average molecular weight is 643 g/mol. The van der Waals surface area contributed by atoms with E-state index in [-0.39, 0.29) is 43.9 Å². The number of carbonyl (C=O) groups is 2. The van der Waals surface area contributed by atoms with Gasteiger partial charge < -0.3 is 35.0 Å². The van der Waals surface area contributed by atoms with Crippen LogP contribution in [0.15, 0.2) is 23.8 Å². The smallest absolute Gasteiger partial charge is 0.247 e. The van der Waals surface area contributed by atoms with Crippen molar-refractivity contribution in [2.45, 2.75) is 76.2 Å². The molecule has 0 bridgehead atoms. The van der Waals surface area contributed by atoms with Crippen molar-refractivity contribution in [1.29, 1.82) is 0 Å². The quantitative estimate of drug-likeness (QED) is 0.273. The first-order chi connectivity index (χ1) is 18.4. The number of benzene rings is 1. The van der Waals surface area contributed by atoms with E-state index in [4.69, 9.17) is 9.47 Å². The molecule has 10 heteroatoms. The summed E-state index contributed by atoms with van der Waals surface area (Å²) in [4.78, 5) is 28.4. The number of hydrogen-bond donors (Lipinski definition) is 4. The van der Waals surface area contributed by atoms with Gasteiger partial charge in [-0.1, -0.05) is 19.3 Å². The van der Waals surface area contributed by atoms with Gasteiger partial charge in [0, 0.05) is 31.0 Å². The van der Waals surface area contributed by atoms with Crippen LogP contribution in [0.2, 0.25) is 0 Å². The molecule has 0 radical (unpaired) electrons. The van der Waals surface area contributed by atoms with E-state index < -0.39 is 18.2 Å². The molecule has 4 rings (SSSR count). The summed E-state index contributed by atoms with van der Waals surface area (Å²) in [6.45, 7) is 0.332. The molecule has 38 heavy (non-hydrogen) atoms. The largest absolute Gasteiger partial charge is 0.493 e. The molecule has 0 unspecified atom stereocenters. The Balaban J connectivity index is 1.66. The van der Waals surface area contributed by atoms with Crippen LogP contribution in [0.1, 0.15) is 56.9 Å². The van der Waals surface area contributed by atoms with Crippen LogP contribution < -0.4 is 14.8 Å². The number of ether oxygens (including phenoxy) is 2. The van der Waals surface area contributed by atoms with Gasteiger partial charge in [-0.3, -0.25) is 9.59 Å². The first kappa shape index (κ1) is 29.1. The van der Waals surface area contributed by atoms with Crippen molar-refractivity contribution in [3.63, 3.8) is 0 Å². The van der Waals surface area contributed by atoms with Crippen molar-refractivity contribution in [2.75, 3.05) is 26.8 Å². The molecule has 1 aromatic rings. The number of hydrogen-bond acceptors (Lipinski definition) is 7. The Morgan fingerprint density at radius 2 is 1.87 bits per heavy atom. The summed E-state index contributed by atoms with van der Waals surface area (Å²) in [5.41, 5.74) is 1.07. The van der Waals surface area contributed by atoms with Gasteiger partial charge >= 0.3 is 0 Å². The molecule has 0 aromatic heterocycles. The molecule has 3 aliphatic carbocycles. The van der Waals surface area contributed by atoms with E-state index in [9.17, 15) is 24.9 Å². The summed E-state index contributed by atoms with van der Waals surface area (Å²) < 4.78 is 12.5. The lowest BCUT2D eigenvalue weighted by Crippen LogP contribution is -2.56. The molecular weight excluding hydrogens is 603 g/mol. The normalized spacial score (nSPS) is 23.9. The molecule has 2 fully saturated rings. The fraction of sp³-hybridized carbons (Fsp3) is 0.643. The number of methoxy groups -OCH3 is 1. The maximum absolute atomic E-state index is 13.5. The standard InChI is InChI=1S/C28H39IN2O7/c1-37-24-12-18(16-33)11-21(29)26(24)38-23-14-20(27(35)30-9-10-32)13-22(25(23)34)31(28(36)19-7-8-19)15-17-5-3-2-4-6-17/h11-12,14,17,19,22-23,25,32-34H,2-10,13,15-16H2,1H3,(H,30,35)/t22-,23+,25+/m1/s1. The lowest BCUT2D eigenvalue weighted by atomic mass is 9.85. The van der Waals surface area contributed by atoms with Crippen LogP contribution in [0.4, 0.5) is 0 Å². The van der Waals surface area contributed by atoms with Gasteiger partial charge in [-0.05, 0) is 78.0 Å². The van der Waals surface area contributed by atoms with Crippen LogP contribution in [0.5, 0.6) is 11.5 Å². The second-order valence-electron chi connectivity index (χ2n) is 10.6. The fourth-order valence-corrected chi connectivity index (χ4v) is 6.29. The summed E-state index contributed by atoms with van der Waals surface area (Å²) in [7, 11) is 1.50. The van der Waals surface area contributed by atoms with Crippen molar-refractivity contribution in [3.8, 4) is 11.5 Å². The number of nitrogens with one attached hydrogen (secondary N) is 1. The number of halogens is 1. The highest BCUT2D eigenvalue weighted by molar-refractivity contribution is 14.1. The highest BCUT2D eigenvalue weighted by atomic mass is 127. The fourth-order valence-electron chi connectivity index (χ4n) is 5.50. The lowest BCUT2D eigenvalue weighted by molar-refractivity contribution is -0.141. The first-order valence-electron chi connectivity index (χ1n) is 13.6. The minimum Gasteiger partial charge on any atom is -0.493 e. The summed E-state index contributed by atoms with van der Waals surface area (Å²) >= 11 is 2.09. The Morgan fingerprint density at radius 3 is 2.50 bits per heavy atom. The third-order valence-corrected chi connectivity index (χ3v) is 8.53. The highest BCUT2D eigenvalue weighted by Gasteiger charge is 2.44. The molecule has 210 valence electrons. The number of aliphatic hydroxyl groups is 3. The molecule has 4 N–H and O–H groups in total. The van der Waals surface area contributed by atoms with Crippen LogP contribution in [0.25, 0.3) is 0 Å². The van der Waals surface area contributed by atoms with Crippen molar-refractivity contribution in [1.82, 2.24) is 10.2 Å². The number of aliphatic hydroxyl groups excluding tert-OH is 3. The summed E-state index contributed by atoms with van der Waals surface area (Å²) in [5.74, 6) is 0.863. The molecule has 0 aliphatic heterocycles. The average Bonchev–Trinajstić information content (AvgIpc) is 3.78. The molecular formula is C28H39IN2O7. The molecule has 2 amide bonds. The van der Waals surface area contributed by atoms with Crippen LogP contribution in [0.3, 0.4) is 0 Å². The van der Waals surface area contributed by atoms with E-state index in [0.29, 0.717) is 38.7 Å². The number of carbonyl (C=O) groups excluding carboxylic acids is 2. The van der Waals surface area contributed by atoms with E-state index >= 15 is 0 Å². The van der Waals surface area contributed by atoms with E-state index in [1.54, 1.807) is 18.2 Å². The van der Waals surface area contributed by atoms with Crippen LogP contribution in [0, 0.1) is 15.4 Å². The molecule has 9 nitrogen and oxygen atoms in total. The Kier molecular flexibility index (Phi) is 10.3. The summed E-state index contributed by atoms with van der Waals surface area (Å²) in [6, 6.07) is 2.83. The second kappa shape index (κ2) is 13.5. The van der Waals surface area contributed by atoms with Crippen LogP contribution in [-0.4, -0.2) is 77.1 Å². The third-order valence-electron chi connectivity index (χ3n) is 7.73. The van der Waals surface area contributed by atoms with Crippen molar-refractivity contribution < 1.29 is 34.4 Å². The van der Waals surface area contributed by atoms with Gasteiger partial charge in [0.05, 0.1) is 29.9 Å². The minimum absolute atomic E-state index is 0.0187. The maximum Gasteiger partial charge on any atom is 0.247 e. The topological polar surface area (TPSA) is 129 Å². The van der Waals surface area contributed by atoms with Crippen LogP contribution in [-0.2, 0) is 16.2 Å². The first-order valence-corrected chi connectivity index (χ1v) is 14.7. The van der Waals surface area contributed by atoms with Crippen molar-refractivity contribution >= 4 is 34.4 Å². The van der Waals surface area contributed by atoms with Gasteiger partial charge in [0.25, 0.3) is 0 Å².